The van der Waals surface area contributed by atoms with Crippen molar-refractivity contribution < 1.29 is 9.59 Å². The molecule has 2 heterocycles. The van der Waals surface area contributed by atoms with Gasteiger partial charge in [0.1, 0.15) is 5.56 Å². The molecule has 0 unspecified atom stereocenters. The number of aromatic amines is 1. The van der Waals surface area contributed by atoms with E-state index in [4.69, 9.17) is 0 Å². The molecule has 0 fully saturated rings. The Labute approximate surface area is 169 Å². The van der Waals surface area contributed by atoms with Gasteiger partial charge in [0, 0.05) is 22.9 Å². The molecule has 2 amide bonds. The van der Waals surface area contributed by atoms with Crippen LogP contribution in [0.1, 0.15) is 22.5 Å². The van der Waals surface area contributed by atoms with Crippen molar-refractivity contribution in [3.63, 3.8) is 0 Å². The zero-order valence-corrected chi connectivity index (χ0v) is 16.7. The number of rotatable bonds is 7. The summed E-state index contributed by atoms with van der Waals surface area (Å²) in [6.07, 6.45) is 4.15. The van der Waals surface area contributed by atoms with Crippen molar-refractivity contribution in [1.29, 1.82) is 0 Å². The molecule has 0 bridgehead atoms. The summed E-state index contributed by atoms with van der Waals surface area (Å²) >= 11 is 2.82. The molecule has 3 N–H and O–H groups in total. The van der Waals surface area contributed by atoms with Gasteiger partial charge in [-0.3, -0.25) is 19.7 Å². The van der Waals surface area contributed by atoms with Gasteiger partial charge in [0.25, 0.3) is 11.5 Å². The number of benzene rings is 1. The number of para-hydroxylation sites is 1. The maximum absolute atomic E-state index is 12.2. The van der Waals surface area contributed by atoms with Gasteiger partial charge >= 0.3 is 0 Å². The van der Waals surface area contributed by atoms with E-state index in [9.17, 15) is 14.4 Å². The predicted molar refractivity (Wildman–Crippen MR) is 112 cm³/mol. The van der Waals surface area contributed by atoms with Crippen molar-refractivity contribution in [2.45, 2.75) is 17.7 Å². The van der Waals surface area contributed by atoms with Crippen LogP contribution in [0.4, 0.5) is 10.8 Å². The van der Waals surface area contributed by atoms with Gasteiger partial charge in [0.15, 0.2) is 5.13 Å². The van der Waals surface area contributed by atoms with E-state index in [0.29, 0.717) is 17.2 Å². The van der Waals surface area contributed by atoms with Gasteiger partial charge < -0.3 is 10.3 Å². The molecular formula is C19H18N4O3S2. The van der Waals surface area contributed by atoms with Crippen molar-refractivity contribution in [3.05, 3.63) is 69.6 Å². The number of hydrogen-bond acceptors (Lipinski definition) is 6. The lowest BCUT2D eigenvalue weighted by Crippen LogP contribution is -2.22. The van der Waals surface area contributed by atoms with Crippen molar-refractivity contribution in [1.82, 2.24) is 9.97 Å². The number of nitrogens with one attached hydrogen (secondary N) is 3. The van der Waals surface area contributed by atoms with Crippen LogP contribution in [0, 0.1) is 0 Å². The summed E-state index contributed by atoms with van der Waals surface area (Å²) in [6.45, 7) is 0. The second-order valence-electron chi connectivity index (χ2n) is 5.76. The molecule has 3 rings (SSSR count). The lowest BCUT2D eigenvalue weighted by molar-refractivity contribution is -0.116. The van der Waals surface area contributed by atoms with Crippen LogP contribution in [0.5, 0.6) is 0 Å². The SMILES string of the molecule is CSc1ccccc1NC(=O)CCc1csc(NC(=O)c2ccc[nH]c2=O)n1. The highest BCUT2D eigenvalue weighted by atomic mass is 32.2. The van der Waals surface area contributed by atoms with E-state index in [-0.39, 0.29) is 17.9 Å². The first kappa shape index (κ1) is 19.8. The number of thioether (sulfide) groups is 1. The minimum absolute atomic E-state index is 0.0195. The first-order valence-electron chi connectivity index (χ1n) is 8.43. The molecule has 0 aliphatic carbocycles. The van der Waals surface area contributed by atoms with E-state index in [2.05, 4.69) is 20.6 Å². The van der Waals surface area contributed by atoms with Crippen LogP contribution in [0.3, 0.4) is 0 Å². The minimum atomic E-state index is -0.519. The number of hydrogen-bond donors (Lipinski definition) is 3. The summed E-state index contributed by atoms with van der Waals surface area (Å²) in [5, 5.41) is 7.68. The molecule has 0 saturated carbocycles. The summed E-state index contributed by atoms with van der Waals surface area (Å²) in [5.41, 5.74) is 1.06. The summed E-state index contributed by atoms with van der Waals surface area (Å²) in [6, 6.07) is 10.6. The van der Waals surface area contributed by atoms with Crippen molar-refractivity contribution >= 4 is 45.7 Å². The highest BCUT2D eigenvalue weighted by molar-refractivity contribution is 7.98. The van der Waals surface area contributed by atoms with Crippen LogP contribution >= 0.6 is 23.1 Å². The van der Waals surface area contributed by atoms with Crippen LogP contribution in [-0.2, 0) is 11.2 Å². The monoisotopic (exact) mass is 414 g/mol. The second kappa shape index (κ2) is 9.34. The average Bonchev–Trinajstić information content (AvgIpc) is 3.14. The zero-order valence-electron chi connectivity index (χ0n) is 15.0. The van der Waals surface area contributed by atoms with E-state index in [1.807, 2.05) is 30.5 Å². The smallest absolute Gasteiger partial charge is 0.263 e. The summed E-state index contributed by atoms with van der Waals surface area (Å²) < 4.78 is 0. The summed E-state index contributed by atoms with van der Waals surface area (Å²) in [4.78, 5) is 43.8. The number of thiazole rings is 1. The number of pyridine rings is 1. The first-order valence-corrected chi connectivity index (χ1v) is 10.5. The Kier molecular flexibility index (Phi) is 6.62. The Morgan fingerprint density at radius 1 is 1.18 bits per heavy atom. The van der Waals surface area contributed by atoms with E-state index in [1.54, 1.807) is 23.2 Å². The lowest BCUT2D eigenvalue weighted by Gasteiger charge is -2.08. The maximum Gasteiger partial charge on any atom is 0.263 e. The minimum Gasteiger partial charge on any atom is -0.328 e. The molecule has 3 aromatic rings. The molecule has 144 valence electrons. The van der Waals surface area contributed by atoms with Crippen molar-refractivity contribution in [2.75, 3.05) is 16.9 Å². The van der Waals surface area contributed by atoms with Gasteiger partial charge in [-0.1, -0.05) is 12.1 Å². The number of amides is 2. The summed E-state index contributed by atoms with van der Waals surface area (Å²) in [7, 11) is 0. The van der Waals surface area contributed by atoms with Gasteiger partial charge in [0.2, 0.25) is 5.91 Å². The molecule has 0 atom stereocenters. The fraction of sp³-hybridized carbons (Fsp3) is 0.158. The molecule has 0 aliphatic heterocycles. The topological polar surface area (TPSA) is 104 Å². The molecule has 0 spiro atoms. The number of carbonyl (C=O) groups excluding carboxylic acids is 2. The second-order valence-corrected chi connectivity index (χ2v) is 7.47. The molecule has 28 heavy (non-hydrogen) atoms. The van der Waals surface area contributed by atoms with Gasteiger partial charge in [-0.05, 0) is 36.9 Å². The van der Waals surface area contributed by atoms with Gasteiger partial charge in [-0.2, -0.15) is 0 Å². The third kappa shape index (κ3) is 5.08. The fourth-order valence-corrected chi connectivity index (χ4v) is 3.74. The number of anilines is 2. The van der Waals surface area contributed by atoms with Gasteiger partial charge in [-0.15, -0.1) is 23.1 Å². The van der Waals surface area contributed by atoms with Crippen LogP contribution in [0.15, 0.2) is 57.7 Å². The van der Waals surface area contributed by atoms with Crippen LogP contribution in [0.2, 0.25) is 0 Å². The average molecular weight is 415 g/mol. The Balaban J connectivity index is 1.55. The number of aromatic nitrogens is 2. The Hall–Kier alpha value is -2.91. The molecule has 0 aliphatic rings. The lowest BCUT2D eigenvalue weighted by atomic mass is 10.2. The number of carbonyl (C=O) groups is 2. The number of nitrogens with zero attached hydrogens (tertiary/aromatic N) is 1. The molecule has 2 aromatic heterocycles. The van der Waals surface area contributed by atoms with Crippen LogP contribution in [-0.4, -0.2) is 28.0 Å². The quantitative estimate of drug-likeness (QED) is 0.514. The number of aryl methyl sites for hydroxylation is 1. The molecule has 1 aromatic carbocycles. The normalized spacial score (nSPS) is 10.5. The van der Waals surface area contributed by atoms with E-state index < -0.39 is 11.5 Å². The van der Waals surface area contributed by atoms with Crippen LogP contribution < -0.4 is 16.2 Å². The maximum atomic E-state index is 12.2. The highest BCUT2D eigenvalue weighted by Crippen LogP contribution is 2.25. The third-order valence-electron chi connectivity index (χ3n) is 3.82. The van der Waals surface area contributed by atoms with Crippen LogP contribution in [0.25, 0.3) is 0 Å². The van der Waals surface area contributed by atoms with Crippen molar-refractivity contribution in [3.8, 4) is 0 Å². The largest absolute Gasteiger partial charge is 0.328 e. The third-order valence-corrected chi connectivity index (χ3v) is 5.43. The Morgan fingerprint density at radius 3 is 2.79 bits per heavy atom. The van der Waals surface area contributed by atoms with E-state index >= 15 is 0 Å². The fourth-order valence-electron chi connectivity index (χ4n) is 2.45. The highest BCUT2D eigenvalue weighted by Gasteiger charge is 2.13. The van der Waals surface area contributed by atoms with E-state index in [0.717, 1.165) is 10.6 Å². The van der Waals surface area contributed by atoms with Crippen molar-refractivity contribution in [2.24, 2.45) is 0 Å². The molecule has 9 heteroatoms. The summed E-state index contributed by atoms with van der Waals surface area (Å²) in [5.74, 6) is -0.620. The van der Waals surface area contributed by atoms with Gasteiger partial charge in [-0.25, -0.2) is 4.98 Å². The first-order chi connectivity index (χ1) is 13.6. The van der Waals surface area contributed by atoms with Gasteiger partial charge in [0.05, 0.1) is 11.4 Å². The zero-order chi connectivity index (χ0) is 19.9. The molecular weight excluding hydrogens is 396 g/mol. The Bertz CT molecular complexity index is 1050. The van der Waals surface area contributed by atoms with E-state index in [1.165, 1.54) is 23.6 Å². The molecule has 0 radical (unpaired) electrons. The Morgan fingerprint density at radius 2 is 2.00 bits per heavy atom. The number of H-pyrrole nitrogens is 1. The molecule has 0 saturated heterocycles. The standard InChI is InChI=1S/C19H18N4O3S2/c1-27-15-7-3-2-6-14(15)22-16(24)9-8-12-11-28-19(21-12)23-18(26)13-5-4-10-20-17(13)25/h2-7,10-11H,8-9H2,1H3,(H,20,25)(H,22,24)(H,21,23,26). The molecule has 7 nitrogen and oxygen atoms in total. The predicted octanol–water partition coefficient (Wildman–Crippen LogP) is 3.38.